The molecule has 1 aliphatic rings. The number of nitro groups is 1. The topological polar surface area (TPSA) is 73.0 Å². The van der Waals surface area contributed by atoms with E-state index in [1.54, 1.807) is 48.5 Å². The van der Waals surface area contributed by atoms with Gasteiger partial charge in [0.15, 0.2) is 0 Å². The Hall–Kier alpha value is -3.88. The fourth-order valence-corrected chi connectivity index (χ4v) is 4.12. The number of hydrogen-bond acceptors (Lipinski definition) is 4. The Labute approximate surface area is 174 Å². The van der Waals surface area contributed by atoms with Crippen molar-refractivity contribution < 1.29 is 18.1 Å². The molecule has 9 heteroatoms. The molecule has 1 aliphatic heterocycles. The number of nitrogens with one attached hydrogen (secondary N) is 1. The van der Waals surface area contributed by atoms with Crippen LogP contribution in [0.2, 0.25) is 0 Å². The van der Waals surface area contributed by atoms with Gasteiger partial charge in [0.2, 0.25) is 5.66 Å². The van der Waals surface area contributed by atoms with Gasteiger partial charge in [-0.3, -0.25) is 10.1 Å². The number of halogens is 3. The number of aromatic nitrogens is 2. The summed E-state index contributed by atoms with van der Waals surface area (Å²) in [5, 5.41) is 18.5. The monoisotopic (exact) mass is 424 g/mol. The molecule has 0 radical (unpaired) electrons. The number of hydrogen-bond donors (Lipinski definition) is 1. The SMILES string of the molecule is O=[N+]([O-])c1ccc(NC2(C(F)(F)F)Cc3ccccc3-c3c4ccccc4nn32)cc1. The number of fused-ring (bicyclic) bond motifs is 5. The molecule has 2 heterocycles. The predicted molar refractivity (Wildman–Crippen MR) is 110 cm³/mol. The van der Waals surface area contributed by atoms with Crippen LogP contribution in [0.3, 0.4) is 0 Å². The minimum atomic E-state index is -4.72. The summed E-state index contributed by atoms with van der Waals surface area (Å²) in [5.41, 5.74) is -0.600. The van der Waals surface area contributed by atoms with Crippen molar-refractivity contribution in [1.29, 1.82) is 0 Å². The highest BCUT2D eigenvalue weighted by molar-refractivity contribution is 5.95. The summed E-state index contributed by atoms with van der Waals surface area (Å²) in [6.45, 7) is 0. The standard InChI is InChI=1S/C22H15F3N4O2/c23-22(24,25)21(26-15-9-11-16(12-10-15)29(30)31)13-14-5-1-2-6-17(14)20-18-7-3-4-8-19(18)27-28(20)21/h1-12,26H,13H2. The van der Waals surface area contributed by atoms with Gasteiger partial charge in [-0.1, -0.05) is 42.5 Å². The van der Waals surface area contributed by atoms with Gasteiger partial charge >= 0.3 is 6.18 Å². The lowest BCUT2D eigenvalue weighted by atomic mass is 9.88. The summed E-state index contributed by atoms with van der Waals surface area (Å²) in [6, 6.07) is 18.8. The minimum Gasteiger partial charge on any atom is -0.354 e. The maximum atomic E-state index is 14.8. The normalized spacial score (nSPS) is 17.8. The first-order chi connectivity index (χ1) is 14.8. The Morgan fingerprint density at radius 3 is 2.39 bits per heavy atom. The molecule has 1 unspecified atom stereocenters. The van der Waals surface area contributed by atoms with Gasteiger partial charge in [0.25, 0.3) is 5.69 Å². The van der Waals surface area contributed by atoms with E-state index in [1.807, 2.05) is 0 Å². The van der Waals surface area contributed by atoms with Crippen LogP contribution in [0, 0.1) is 10.1 Å². The molecule has 0 fully saturated rings. The van der Waals surface area contributed by atoms with Gasteiger partial charge in [-0.05, 0) is 23.8 Å². The third-order valence-electron chi connectivity index (χ3n) is 5.56. The number of nitro benzene ring substituents is 1. The van der Waals surface area contributed by atoms with Crippen LogP contribution in [0.1, 0.15) is 5.56 Å². The quantitative estimate of drug-likeness (QED) is 0.348. The molecular weight excluding hydrogens is 409 g/mol. The summed E-state index contributed by atoms with van der Waals surface area (Å²) >= 11 is 0. The van der Waals surface area contributed by atoms with E-state index in [1.165, 1.54) is 24.3 Å². The van der Waals surface area contributed by atoms with Crippen molar-refractivity contribution in [3.8, 4) is 11.3 Å². The molecule has 0 saturated carbocycles. The zero-order chi connectivity index (χ0) is 21.8. The smallest absolute Gasteiger partial charge is 0.354 e. The highest BCUT2D eigenvalue weighted by Gasteiger charge is 2.60. The van der Waals surface area contributed by atoms with Gasteiger partial charge in [-0.15, -0.1) is 0 Å². The van der Waals surface area contributed by atoms with E-state index in [0.717, 1.165) is 4.68 Å². The fraction of sp³-hybridized carbons (Fsp3) is 0.136. The first-order valence-electron chi connectivity index (χ1n) is 9.46. The van der Waals surface area contributed by atoms with Gasteiger partial charge in [-0.25, -0.2) is 4.68 Å². The first kappa shape index (κ1) is 19.1. The maximum absolute atomic E-state index is 14.8. The molecule has 156 valence electrons. The van der Waals surface area contributed by atoms with Crippen molar-refractivity contribution in [1.82, 2.24) is 9.78 Å². The Kier molecular flexibility index (Phi) is 4.04. The van der Waals surface area contributed by atoms with Crippen LogP contribution >= 0.6 is 0 Å². The first-order valence-corrected chi connectivity index (χ1v) is 9.46. The molecule has 1 N–H and O–H groups in total. The van der Waals surface area contributed by atoms with Gasteiger partial charge in [0.05, 0.1) is 16.1 Å². The highest BCUT2D eigenvalue weighted by atomic mass is 19.4. The summed E-state index contributed by atoms with van der Waals surface area (Å²) < 4.78 is 45.3. The Morgan fingerprint density at radius 1 is 1.00 bits per heavy atom. The zero-order valence-electron chi connectivity index (χ0n) is 15.9. The Bertz CT molecular complexity index is 1310. The van der Waals surface area contributed by atoms with E-state index in [0.29, 0.717) is 27.7 Å². The van der Waals surface area contributed by atoms with Crippen molar-refractivity contribution in [2.75, 3.05) is 5.32 Å². The molecule has 0 bridgehead atoms. The zero-order valence-corrected chi connectivity index (χ0v) is 15.9. The highest BCUT2D eigenvalue weighted by Crippen LogP contribution is 2.48. The predicted octanol–water partition coefficient (Wildman–Crippen LogP) is 5.49. The molecule has 6 nitrogen and oxygen atoms in total. The number of anilines is 1. The van der Waals surface area contributed by atoms with Crippen molar-refractivity contribution >= 4 is 22.3 Å². The average molecular weight is 424 g/mol. The second-order valence-electron chi connectivity index (χ2n) is 7.40. The summed E-state index contributed by atoms with van der Waals surface area (Å²) in [6.07, 6.45) is -5.11. The summed E-state index contributed by atoms with van der Waals surface area (Å²) in [5.74, 6) is 0. The Morgan fingerprint density at radius 2 is 1.68 bits per heavy atom. The van der Waals surface area contributed by atoms with Gasteiger partial charge in [0.1, 0.15) is 0 Å². The number of benzene rings is 3. The molecule has 0 aliphatic carbocycles. The molecular formula is C22H15F3N4O2. The van der Waals surface area contributed by atoms with Crippen LogP contribution in [0.25, 0.3) is 22.2 Å². The van der Waals surface area contributed by atoms with E-state index in [4.69, 9.17) is 0 Å². The van der Waals surface area contributed by atoms with Crippen LogP contribution in [0.15, 0.2) is 72.8 Å². The molecule has 1 aromatic heterocycles. The van der Waals surface area contributed by atoms with E-state index in [9.17, 15) is 23.3 Å². The fourth-order valence-electron chi connectivity index (χ4n) is 4.12. The molecule has 5 rings (SSSR count). The van der Waals surface area contributed by atoms with Gasteiger partial charge < -0.3 is 5.32 Å². The van der Waals surface area contributed by atoms with Crippen molar-refractivity contribution in [2.24, 2.45) is 0 Å². The lowest BCUT2D eigenvalue weighted by Crippen LogP contribution is -2.57. The molecule has 3 aromatic carbocycles. The third-order valence-corrected chi connectivity index (χ3v) is 5.56. The second-order valence-corrected chi connectivity index (χ2v) is 7.40. The molecule has 0 saturated heterocycles. The van der Waals surface area contributed by atoms with Crippen LogP contribution < -0.4 is 5.32 Å². The van der Waals surface area contributed by atoms with Crippen molar-refractivity contribution in [3.05, 3.63) is 88.5 Å². The number of nitrogens with zero attached hydrogens (tertiary/aromatic N) is 3. The van der Waals surface area contributed by atoms with Gasteiger partial charge in [-0.2, -0.15) is 18.3 Å². The third kappa shape index (κ3) is 2.84. The summed E-state index contributed by atoms with van der Waals surface area (Å²) in [7, 11) is 0. The largest absolute Gasteiger partial charge is 0.432 e. The lowest BCUT2D eigenvalue weighted by Gasteiger charge is -2.41. The molecule has 31 heavy (non-hydrogen) atoms. The maximum Gasteiger partial charge on any atom is 0.432 e. The Balaban J connectivity index is 1.76. The van der Waals surface area contributed by atoms with E-state index in [2.05, 4.69) is 10.4 Å². The average Bonchev–Trinajstić information content (AvgIpc) is 3.14. The molecule has 4 aromatic rings. The van der Waals surface area contributed by atoms with E-state index in [-0.39, 0.29) is 17.8 Å². The van der Waals surface area contributed by atoms with E-state index < -0.39 is 16.8 Å². The van der Waals surface area contributed by atoms with Crippen LogP contribution in [-0.4, -0.2) is 20.9 Å². The van der Waals surface area contributed by atoms with Crippen molar-refractivity contribution in [3.63, 3.8) is 0 Å². The second kappa shape index (κ2) is 6.56. The molecule has 0 amide bonds. The minimum absolute atomic E-state index is 0.104. The van der Waals surface area contributed by atoms with Gasteiger partial charge in [0, 0.05) is 35.2 Å². The lowest BCUT2D eigenvalue weighted by molar-refractivity contribution is -0.384. The van der Waals surface area contributed by atoms with Crippen molar-refractivity contribution in [2.45, 2.75) is 18.3 Å². The number of rotatable bonds is 3. The number of alkyl halides is 3. The van der Waals surface area contributed by atoms with Crippen LogP contribution in [-0.2, 0) is 12.1 Å². The summed E-state index contributed by atoms with van der Waals surface area (Å²) in [4.78, 5) is 10.3. The van der Waals surface area contributed by atoms with Crippen LogP contribution in [0.5, 0.6) is 0 Å². The molecule has 1 atom stereocenters. The molecule has 0 spiro atoms. The van der Waals surface area contributed by atoms with Crippen LogP contribution in [0.4, 0.5) is 24.5 Å². The number of non-ortho nitro benzene ring substituents is 1. The van der Waals surface area contributed by atoms with E-state index >= 15 is 0 Å².